The third-order valence-corrected chi connectivity index (χ3v) is 3.60. The Morgan fingerprint density at radius 2 is 1.14 bits per heavy atom. The van der Waals surface area contributed by atoms with Crippen LogP contribution in [0.1, 0.15) is 16.7 Å². The van der Waals surface area contributed by atoms with Crippen LogP contribution in [0.25, 0.3) is 11.6 Å². The van der Waals surface area contributed by atoms with Crippen molar-refractivity contribution >= 4 is 23.3 Å². The molecule has 0 saturated carbocycles. The zero-order valence-electron chi connectivity index (χ0n) is 11.5. The Hall–Kier alpha value is -2.31. The number of hydrogen-bond acceptors (Lipinski definition) is 0. The highest BCUT2D eigenvalue weighted by Gasteiger charge is 2.05. The predicted octanol–water partition coefficient (Wildman–Crippen LogP) is 5.93. The zero-order chi connectivity index (χ0) is 14.5. The van der Waals surface area contributed by atoms with Gasteiger partial charge in [0, 0.05) is 5.02 Å². The van der Waals surface area contributed by atoms with E-state index in [0.29, 0.717) is 0 Å². The van der Waals surface area contributed by atoms with E-state index in [-0.39, 0.29) is 0 Å². The average molecular weight is 291 g/mol. The van der Waals surface area contributed by atoms with E-state index in [2.05, 4.69) is 66.7 Å². The highest BCUT2D eigenvalue weighted by atomic mass is 35.5. The maximum atomic E-state index is 6.00. The summed E-state index contributed by atoms with van der Waals surface area (Å²) in [7, 11) is 0. The highest BCUT2D eigenvalue weighted by Crippen LogP contribution is 2.27. The Kier molecular flexibility index (Phi) is 4.18. The molecule has 102 valence electrons. The maximum absolute atomic E-state index is 6.00. The molecule has 0 aromatic heterocycles. The van der Waals surface area contributed by atoms with Gasteiger partial charge in [-0.15, -0.1) is 0 Å². The third-order valence-electron chi connectivity index (χ3n) is 3.35. The van der Waals surface area contributed by atoms with Crippen LogP contribution >= 0.6 is 11.6 Å². The van der Waals surface area contributed by atoms with Gasteiger partial charge in [0.2, 0.25) is 0 Å². The van der Waals surface area contributed by atoms with Gasteiger partial charge < -0.3 is 0 Å². The molecule has 3 aromatic carbocycles. The number of rotatable bonds is 3. The molecule has 0 amide bonds. The first kappa shape index (κ1) is 13.7. The number of benzene rings is 3. The van der Waals surface area contributed by atoms with Crippen LogP contribution in [0.3, 0.4) is 0 Å². The fraction of sp³-hybridized carbons (Fsp3) is 0. The number of hydrogen-bond donors (Lipinski definition) is 0. The topological polar surface area (TPSA) is 0 Å². The van der Waals surface area contributed by atoms with Gasteiger partial charge in [0.1, 0.15) is 0 Å². The van der Waals surface area contributed by atoms with E-state index in [9.17, 15) is 0 Å². The highest BCUT2D eigenvalue weighted by molar-refractivity contribution is 6.30. The van der Waals surface area contributed by atoms with Crippen molar-refractivity contribution in [1.29, 1.82) is 0 Å². The van der Waals surface area contributed by atoms with Crippen molar-refractivity contribution in [2.45, 2.75) is 0 Å². The molecule has 21 heavy (non-hydrogen) atoms. The summed E-state index contributed by atoms with van der Waals surface area (Å²) in [5, 5.41) is 0.755. The summed E-state index contributed by atoms with van der Waals surface area (Å²) in [6.07, 6.45) is 2.21. The molecular weight excluding hydrogens is 276 g/mol. The molecule has 3 aromatic rings. The van der Waals surface area contributed by atoms with Gasteiger partial charge in [0.25, 0.3) is 0 Å². The monoisotopic (exact) mass is 290 g/mol. The Labute approximate surface area is 130 Å². The molecule has 0 radical (unpaired) electrons. The Balaban J connectivity index is 2.12. The second kappa shape index (κ2) is 6.43. The molecule has 1 heteroatoms. The van der Waals surface area contributed by atoms with Crippen molar-refractivity contribution in [2.75, 3.05) is 0 Å². The summed E-state index contributed by atoms with van der Waals surface area (Å²) < 4.78 is 0. The summed E-state index contributed by atoms with van der Waals surface area (Å²) in [5.41, 5.74) is 4.74. The van der Waals surface area contributed by atoms with Crippen LogP contribution in [0.4, 0.5) is 0 Å². The summed E-state index contributed by atoms with van der Waals surface area (Å²) in [6, 6.07) is 28.7. The molecule has 0 atom stereocenters. The SMILES string of the molecule is Clc1ccc(C(=Cc2ccccc2)c2ccccc2)cc1. The normalized spacial score (nSPS) is 11.4. The lowest BCUT2D eigenvalue weighted by atomic mass is 9.96. The molecule has 0 saturated heterocycles. The molecule has 0 aliphatic carbocycles. The molecule has 0 nitrogen and oxygen atoms in total. The first-order valence-electron chi connectivity index (χ1n) is 6.91. The van der Waals surface area contributed by atoms with Gasteiger partial charge in [-0.1, -0.05) is 84.4 Å². The molecule has 0 heterocycles. The van der Waals surface area contributed by atoms with Crippen molar-refractivity contribution < 1.29 is 0 Å². The van der Waals surface area contributed by atoms with Gasteiger partial charge in [-0.05, 0) is 40.5 Å². The van der Waals surface area contributed by atoms with Gasteiger partial charge in [-0.25, -0.2) is 0 Å². The van der Waals surface area contributed by atoms with E-state index < -0.39 is 0 Å². The van der Waals surface area contributed by atoms with Gasteiger partial charge in [0.15, 0.2) is 0 Å². The van der Waals surface area contributed by atoms with Crippen LogP contribution in [-0.2, 0) is 0 Å². The van der Waals surface area contributed by atoms with Crippen molar-refractivity contribution in [3.8, 4) is 0 Å². The fourth-order valence-electron chi connectivity index (χ4n) is 2.30. The zero-order valence-corrected chi connectivity index (χ0v) is 12.3. The molecular formula is C20H15Cl. The lowest BCUT2D eigenvalue weighted by Crippen LogP contribution is -1.88. The average Bonchev–Trinajstić information content (AvgIpc) is 2.55. The van der Waals surface area contributed by atoms with Crippen LogP contribution in [0.2, 0.25) is 5.02 Å². The van der Waals surface area contributed by atoms with Crippen molar-refractivity contribution in [3.05, 3.63) is 107 Å². The standard InChI is InChI=1S/C20H15Cl/c21-19-13-11-18(12-14-19)20(17-9-5-2-6-10-17)15-16-7-3-1-4-8-16/h1-15H. The smallest absolute Gasteiger partial charge is 0.0406 e. The molecule has 0 unspecified atom stereocenters. The van der Waals surface area contributed by atoms with E-state index in [1.165, 1.54) is 16.7 Å². The minimum atomic E-state index is 0.755. The van der Waals surface area contributed by atoms with Crippen molar-refractivity contribution in [1.82, 2.24) is 0 Å². The second-order valence-electron chi connectivity index (χ2n) is 4.84. The van der Waals surface area contributed by atoms with Crippen molar-refractivity contribution in [2.24, 2.45) is 0 Å². The van der Waals surface area contributed by atoms with Crippen LogP contribution < -0.4 is 0 Å². The Morgan fingerprint density at radius 3 is 1.76 bits per heavy atom. The minimum Gasteiger partial charge on any atom is -0.0843 e. The fourth-order valence-corrected chi connectivity index (χ4v) is 2.42. The maximum Gasteiger partial charge on any atom is 0.0406 e. The first-order chi connectivity index (χ1) is 10.3. The van der Waals surface area contributed by atoms with Crippen LogP contribution in [0.5, 0.6) is 0 Å². The summed E-state index contributed by atoms with van der Waals surface area (Å²) in [6.45, 7) is 0. The lowest BCUT2D eigenvalue weighted by molar-refractivity contribution is 1.55. The molecule has 3 rings (SSSR count). The van der Waals surface area contributed by atoms with Crippen molar-refractivity contribution in [3.63, 3.8) is 0 Å². The van der Waals surface area contributed by atoms with Gasteiger partial charge in [-0.2, -0.15) is 0 Å². The molecule has 0 spiro atoms. The Morgan fingerprint density at radius 1 is 0.619 bits per heavy atom. The van der Waals surface area contributed by atoms with E-state index in [1.807, 2.05) is 24.3 Å². The predicted molar refractivity (Wildman–Crippen MR) is 91.3 cm³/mol. The quantitative estimate of drug-likeness (QED) is 0.525. The summed E-state index contributed by atoms with van der Waals surface area (Å²) in [4.78, 5) is 0. The molecule has 0 aliphatic rings. The second-order valence-corrected chi connectivity index (χ2v) is 5.28. The summed E-state index contributed by atoms with van der Waals surface area (Å²) in [5.74, 6) is 0. The van der Waals surface area contributed by atoms with Crippen LogP contribution in [0.15, 0.2) is 84.9 Å². The van der Waals surface area contributed by atoms with Crippen LogP contribution in [0, 0.1) is 0 Å². The van der Waals surface area contributed by atoms with E-state index in [4.69, 9.17) is 11.6 Å². The van der Waals surface area contributed by atoms with Crippen LogP contribution in [-0.4, -0.2) is 0 Å². The molecule has 0 aliphatic heterocycles. The van der Waals surface area contributed by atoms with Gasteiger partial charge in [-0.3, -0.25) is 0 Å². The minimum absolute atomic E-state index is 0.755. The first-order valence-corrected chi connectivity index (χ1v) is 7.29. The largest absolute Gasteiger partial charge is 0.0843 e. The molecule has 0 bridgehead atoms. The summed E-state index contributed by atoms with van der Waals surface area (Å²) >= 11 is 6.00. The lowest BCUT2D eigenvalue weighted by Gasteiger charge is -2.09. The van der Waals surface area contributed by atoms with E-state index in [1.54, 1.807) is 0 Å². The Bertz CT molecular complexity index is 726. The molecule has 0 fully saturated rings. The van der Waals surface area contributed by atoms with E-state index in [0.717, 1.165) is 10.6 Å². The van der Waals surface area contributed by atoms with Gasteiger partial charge in [0.05, 0.1) is 0 Å². The number of halogens is 1. The van der Waals surface area contributed by atoms with E-state index >= 15 is 0 Å². The molecule has 0 N–H and O–H groups in total. The third kappa shape index (κ3) is 3.42. The van der Waals surface area contributed by atoms with Gasteiger partial charge >= 0.3 is 0 Å².